The number of urea groups is 2. The third-order valence-electron chi connectivity index (χ3n) is 9.78. The molecule has 0 saturated carbocycles. The molecular formula is C38H50F6N6O11. The van der Waals surface area contributed by atoms with E-state index in [0.29, 0.717) is 18.6 Å². The van der Waals surface area contributed by atoms with Crippen LogP contribution in [0.1, 0.15) is 56.6 Å². The summed E-state index contributed by atoms with van der Waals surface area (Å²) in [5, 5.41) is 56.3. The number of ether oxygens (including phenoxy) is 3. The number of unbranched alkanes of at least 4 members (excludes halogenated alkanes) is 4. The van der Waals surface area contributed by atoms with Gasteiger partial charge in [-0.1, -0.05) is 44.7 Å². The second kappa shape index (κ2) is 22.4. The molecule has 2 fully saturated rings. The summed E-state index contributed by atoms with van der Waals surface area (Å²) in [7, 11) is 0. The van der Waals surface area contributed by atoms with E-state index in [1.807, 2.05) is 6.92 Å². The first-order valence-corrected chi connectivity index (χ1v) is 19.4. The average Bonchev–Trinajstić information content (AvgIpc) is 3.20. The summed E-state index contributed by atoms with van der Waals surface area (Å²) >= 11 is 0. The number of benzene rings is 2. The fourth-order valence-electron chi connectivity index (χ4n) is 6.63. The highest BCUT2D eigenvalue weighted by atomic mass is 19.4. The van der Waals surface area contributed by atoms with E-state index in [9.17, 15) is 65.9 Å². The third kappa shape index (κ3) is 14.4. The lowest BCUT2D eigenvalue weighted by Crippen LogP contribution is -2.70. The fourth-order valence-corrected chi connectivity index (χ4v) is 6.63. The number of nitrogens with one attached hydrogen (secondary N) is 6. The summed E-state index contributed by atoms with van der Waals surface area (Å²) in [5.74, 6) is -1.27. The number of carbonyl (C=O) groups is 4. The molecule has 340 valence electrons. The van der Waals surface area contributed by atoms with Gasteiger partial charge in [0.05, 0.1) is 49.6 Å². The van der Waals surface area contributed by atoms with Crippen LogP contribution < -0.4 is 31.9 Å². The molecular weight excluding hydrogens is 830 g/mol. The van der Waals surface area contributed by atoms with Gasteiger partial charge in [-0.2, -0.15) is 26.3 Å². The molecule has 0 radical (unpaired) electrons. The molecule has 61 heavy (non-hydrogen) atoms. The van der Waals surface area contributed by atoms with Crippen molar-refractivity contribution in [2.45, 2.75) is 113 Å². The third-order valence-corrected chi connectivity index (χ3v) is 9.78. The molecule has 2 saturated heterocycles. The van der Waals surface area contributed by atoms with Gasteiger partial charge in [0, 0.05) is 17.8 Å². The molecule has 0 bridgehead atoms. The highest BCUT2D eigenvalue weighted by molar-refractivity contribution is 5.90. The van der Waals surface area contributed by atoms with E-state index < -0.39 is 129 Å². The van der Waals surface area contributed by atoms with Gasteiger partial charge < -0.3 is 66.5 Å². The number of hydrogen-bond acceptors (Lipinski definition) is 11. The SMILES string of the molecule is CCCCCCCC(=O)NCC(=O)N[C@H]1C(CO)OCC(NC(=O)Nc2cccc(C(F)(F)F)c2)C1O[C@@H]1OC(CO)[C@@H](O)C(O)C1NC(=O)Nc1cccc(C(F)(F)F)c1. The molecule has 2 heterocycles. The summed E-state index contributed by atoms with van der Waals surface area (Å²) < 4.78 is 97.8. The zero-order chi connectivity index (χ0) is 44.9. The normalized spacial score (nSPS) is 25.5. The summed E-state index contributed by atoms with van der Waals surface area (Å²) in [6, 6.07) is 0.201. The van der Waals surface area contributed by atoms with Crippen LogP contribution in [0, 0.1) is 0 Å². The standard InChI is InChI=1S/C38H50F6N6O11/c1-2-3-4-5-6-13-27(53)45-16-28(54)49-29-25(17-51)59-19-24(48-35(57)46-22-11-7-9-20(14-22)37(39,40)41)33(29)61-34-30(32(56)31(55)26(18-52)60-34)50-36(58)47-23-12-8-10-21(15-23)38(42,43)44/h7-12,14-15,24-26,29-34,51-52,55-56H,2-6,13,16-19H2,1H3,(H,45,53)(H,49,54)(H2,46,48,57)(H2,47,50,58)/t24?,25?,26?,29-,30?,31+,32?,33?,34-/m0/s1. The van der Waals surface area contributed by atoms with Crippen LogP contribution in [-0.4, -0.2) is 126 Å². The van der Waals surface area contributed by atoms with Gasteiger partial charge in [0.2, 0.25) is 11.8 Å². The van der Waals surface area contributed by atoms with Gasteiger partial charge in [-0.25, -0.2) is 9.59 Å². The maximum atomic E-state index is 13.4. The van der Waals surface area contributed by atoms with Crippen molar-refractivity contribution in [1.82, 2.24) is 21.3 Å². The highest BCUT2D eigenvalue weighted by Crippen LogP contribution is 2.32. The van der Waals surface area contributed by atoms with E-state index in [1.165, 1.54) is 6.07 Å². The first kappa shape index (κ1) is 48.9. The smallest absolute Gasteiger partial charge is 0.394 e. The second-order valence-corrected chi connectivity index (χ2v) is 14.4. The fraction of sp³-hybridized carbons (Fsp3) is 0.579. The largest absolute Gasteiger partial charge is 0.416 e. The van der Waals surface area contributed by atoms with E-state index in [0.717, 1.165) is 56.0 Å². The lowest BCUT2D eigenvalue weighted by atomic mass is 9.93. The number of aliphatic hydroxyl groups excluding tert-OH is 4. The van der Waals surface area contributed by atoms with Crippen LogP contribution >= 0.6 is 0 Å². The second-order valence-electron chi connectivity index (χ2n) is 14.4. The number of amides is 6. The molecule has 0 aromatic heterocycles. The van der Waals surface area contributed by atoms with Crippen molar-refractivity contribution in [2.24, 2.45) is 0 Å². The number of anilines is 2. The lowest BCUT2D eigenvalue weighted by Gasteiger charge is -2.47. The quantitative estimate of drug-likeness (QED) is 0.0818. The van der Waals surface area contributed by atoms with E-state index in [1.54, 1.807) is 0 Å². The predicted octanol–water partition coefficient (Wildman–Crippen LogP) is 2.58. The van der Waals surface area contributed by atoms with Gasteiger partial charge in [-0.3, -0.25) is 9.59 Å². The maximum absolute atomic E-state index is 13.4. The number of hydrogen-bond donors (Lipinski definition) is 10. The minimum Gasteiger partial charge on any atom is -0.394 e. The molecule has 6 unspecified atom stereocenters. The van der Waals surface area contributed by atoms with Crippen molar-refractivity contribution in [2.75, 3.05) is 37.0 Å². The number of carbonyl (C=O) groups excluding carboxylic acids is 4. The number of rotatable bonds is 17. The monoisotopic (exact) mass is 880 g/mol. The van der Waals surface area contributed by atoms with E-state index >= 15 is 0 Å². The van der Waals surface area contributed by atoms with Crippen LogP contribution in [0.15, 0.2) is 48.5 Å². The van der Waals surface area contributed by atoms with Gasteiger partial charge in [0.25, 0.3) is 0 Å². The average molecular weight is 881 g/mol. The van der Waals surface area contributed by atoms with Crippen LogP contribution in [0.4, 0.5) is 47.3 Å². The van der Waals surface area contributed by atoms with E-state index in [4.69, 9.17) is 14.2 Å². The molecule has 2 aromatic rings. The molecule has 2 aliphatic rings. The first-order valence-electron chi connectivity index (χ1n) is 19.4. The van der Waals surface area contributed by atoms with Crippen molar-refractivity contribution in [1.29, 1.82) is 0 Å². The van der Waals surface area contributed by atoms with Crippen LogP contribution in [0.25, 0.3) is 0 Å². The van der Waals surface area contributed by atoms with Crippen molar-refractivity contribution >= 4 is 35.3 Å². The summed E-state index contributed by atoms with van der Waals surface area (Å²) in [4.78, 5) is 52.2. The Labute approximate surface area is 345 Å². The van der Waals surface area contributed by atoms with Crippen molar-refractivity contribution in [3.8, 4) is 0 Å². The van der Waals surface area contributed by atoms with Gasteiger partial charge in [0.15, 0.2) is 6.29 Å². The molecule has 2 aliphatic heterocycles. The van der Waals surface area contributed by atoms with Crippen LogP contribution in [-0.2, 0) is 36.2 Å². The van der Waals surface area contributed by atoms with Crippen molar-refractivity contribution < 1.29 is 80.2 Å². The molecule has 6 amide bonds. The van der Waals surface area contributed by atoms with Crippen molar-refractivity contribution in [3.05, 3.63) is 59.7 Å². The summed E-state index contributed by atoms with van der Waals surface area (Å²) in [6.45, 7) is -0.737. The zero-order valence-corrected chi connectivity index (χ0v) is 32.8. The Bertz CT molecular complexity index is 1780. The van der Waals surface area contributed by atoms with Crippen molar-refractivity contribution in [3.63, 3.8) is 0 Å². The van der Waals surface area contributed by atoms with E-state index in [-0.39, 0.29) is 17.8 Å². The number of aliphatic hydroxyl groups is 4. The molecule has 23 heteroatoms. The number of alkyl halides is 6. The van der Waals surface area contributed by atoms with E-state index in [2.05, 4.69) is 31.9 Å². The Morgan fingerprint density at radius 1 is 0.738 bits per heavy atom. The maximum Gasteiger partial charge on any atom is 0.416 e. The minimum atomic E-state index is -4.76. The van der Waals surface area contributed by atoms with Crippen LogP contribution in [0.5, 0.6) is 0 Å². The van der Waals surface area contributed by atoms with Gasteiger partial charge >= 0.3 is 24.4 Å². The topological polar surface area (TPSA) is 249 Å². The Hall–Kier alpha value is -4.78. The summed E-state index contributed by atoms with van der Waals surface area (Å²) in [6.07, 6.45) is -15.4. The lowest BCUT2D eigenvalue weighted by molar-refractivity contribution is -0.293. The van der Waals surface area contributed by atoms with Crippen LogP contribution in [0.2, 0.25) is 0 Å². The minimum absolute atomic E-state index is 0.135. The predicted molar refractivity (Wildman–Crippen MR) is 203 cm³/mol. The Morgan fingerprint density at radius 2 is 1.31 bits per heavy atom. The number of halogens is 6. The van der Waals surface area contributed by atoms with Gasteiger partial charge in [-0.15, -0.1) is 0 Å². The van der Waals surface area contributed by atoms with Gasteiger partial charge in [-0.05, 0) is 42.8 Å². The first-order chi connectivity index (χ1) is 28.8. The molecule has 0 spiro atoms. The van der Waals surface area contributed by atoms with Gasteiger partial charge in [0.1, 0.15) is 36.6 Å². The Morgan fingerprint density at radius 3 is 1.87 bits per heavy atom. The molecule has 2 aromatic carbocycles. The Kier molecular flexibility index (Phi) is 17.9. The molecule has 9 atom stereocenters. The molecule has 17 nitrogen and oxygen atoms in total. The zero-order valence-electron chi connectivity index (χ0n) is 32.8. The molecule has 4 rings (SSSR count). The molecule has 0 aliphatic carbocycles. The highest BCUT2D eigenvalue weighted by Gasteiger charge is 2.50. The molecule has 10 N–H and O–H groups in total. The summed E-state index contributed by atoms with van der Waals surface area (Å²) in [5.41, 5.74) is -2.79. The van der Waals surface area contributed by atoms with Crippen LogP contribution in [0.3, 0.4) is 0 Å². The Balaban J connectivity index is 1.61.